The first kappa shape index (κ1) is 20.2. The molecule has 1 atom stereocenters. The number of methoxy groups -OCH3 is 1. The molecule has 1 unspecified atom stereocenters. The van der Waals surface area contributed by atoms with E-state index >= 15 is 0 Å². The molecule has 0 amide bonds. The molecule has 0 spiro atoms. The third-order valence-corrected chi connectivity index (χ3v) is 3.93. The van der Waals surface area contributed by atoms with Crippen LogP contribution in [-0.2, 0) is 6.54 Å². The van der Waals surface area contributed by atoms with E-state index in [1.165, 1.54) is 24.0 Å². The van der Waals surface area contributed by atoms with Gasteiger partial charge < -0.3 is 10.1 Å². The van der Waals surface area contributed by atoms with Crippen LogP contribution in [0.3, 0.4) is 0 Å². The molecule has 1 N–H and O–H groups in total. The number of piperidine rings is 1. The quantitative estimate of drug-likeness (QED) is 0.899. The number of nitrogens with zero attached hydrogens (tertiary/aromatic N) is 2. The lowest BCUT2D eigenvalue weighted by atomic mass is 9.94. The SMILES string of the molecule is CC.CC.COc1ccc(Cn2cc(C3CCCNC3)cn2)cc1. The lowest BCUT2D eigenvalue weighted by molar-refractivity contribution is 0.414. The van der Waals surface area contributed by atoms with Crippen LogP contribution in [0.4, 0.5) is 0 Å². The minimum absolute atomic E-state index is 0.619. The van der Waals surface area contributed by atoms with Gasteiger partial charge in [0.05, 0.1) is 19.9 Å². The lowest BCUT2D eigenvalue weighted by Crippen LogP contribution is -2.28. The second-order valence-electron chi connectivity index (χ2n) is 5.36. The Labute approximate surface area is 147 Å². The molecule has 2 aromatic rings. The summed E-state index contributed by atoms with van der Waals surface area (Å²) in [6, 6.07) is 8.15. The van der Waals surface area contributed by atoms with Gasteiger partial charge in [-0.15, -0.1) is 0 Å². The minimum atomic E-state index is 0.619. The van der Waals surface area contributed by atoms with Crippen LogP contribution in [0, 0.1) is 0 Å². The Kier molecular flexibility index (Phi) is 9.85. The summed E-state index contributed by atoms with van der Waals surface area (Å²) >= 11 is 0. The monoisotopic (exact) mass is 331 g/mol. The molecule has 4 heteroatoms. The topological polar surface area (TPSA) is 39.1 Å². The number of hydrogen-bond donors (Lipinski definition) is 1. The van der Waals surface area contributed by atoms with E-state index in [0.717, 1.165) is 25.4 Å². The Morgan fingerprint density at radius 2 is 1.88 bits per heavy atom. The molecule has 1 saturated heterocycles. The van der Waals surface area contributed by atoms with Crippen LogP contribution in [0.15, 0.2) is 36.7 Å². The van der Waals surface area contributed by atoms with E-state index in [9.17, 15) is 0 Å². The van der Waals surface area contributed by atoms with Gasteiger partial charge in [0, 0.05) is 12.7 Å². The minimum Gasteiger partial charge on any atom is -0.497 e. The van der Waals surface area contributed by atoms with Gasteiger partial charge in [-0.05, 0) is 48.6 Å². The summed E-state index contributed by atoms with van der Waals surface area (Å²) in [4.78, 5) is 0. The first-order valence-corrected chi connectivity index (χ1v) is 9.21. The summed E-state index contributed by atoms with van der Waals surface area (Å²) in [6.07, 6.45) is 6.72. The fourth-order valence-corrected chi connectivity index (χ4v) is 2.73. The summed E-state index contributed by atoms with van der Waals surface area (Å²) in [5.41, 5.74) is 2.59. The molecule has 2 heterocycles. The Morgan fingerprint density at radius 1 is 1.17 bits per heavy atom. The molecule has 1 aromatic carbocycles. The second kappa shape index (κ2) is 11.7. The van der Waals surface area contributed by atoms with E-state index in [1.807, 2.05) is 50.7 Å². The molecule has 0 aliphatic carbocycles. The summed E-state index contributed by atoms with van der Waals surface area (Å²) in [7, 11) is 1.69. The summed E-state index contributed by atoms with van der Waals surface area (Å²) < 4.78 is 7.19. The molecule has 1 fully saturated rings. The smallest absolute Gasteiger partial charge is 0.118 e. The molecular weight excluding hydrogens is 298 g/mol. The predicted octanol–water partition coefficient (Wildman–Crippen LogP) is 4.46. The van der Waals surface area contributed by atoms with Gasteiger partial charge in [-0.1, -0.05) is 39.8 Å². The molecule has 0 radical (unpaired) electrons. The normalized spacial score (nSPS) is 16.3. The van der Waals surface area contributed by atoms with Crippen molar-refractivity contribution in [1.82, 2.24) is 15.1 Å². The summed E-state index contributed by atoms with van der Waals surface area (Å²) in [6.45, 7) is 11.0. The molecular formula is C20H33N3O. The highest BCUT2D eigenvalue weighted by atomic mass is 16.5. The maximum atomic E-state index is 5.17. The van der Waals surface area contributed by atoms with Crippen molar-refractivity contribution in [2.75, 3.05) is 20.2 Å². The van der Waals surface area contributed by atoms with Crippen LogP contribution in [0.25, 0.3) is 0 Å². The van der Waals surface area contributed by atoms with Crippen LogP contribution in [-0.4, -0.2) is 30.0 Å². The van der Waals surface area contributed by atoms with Crippen molar-refractivity contribution in [3.05, 3.63) is 47.8 Å². The zero-order chi connectivity index (χ0) is 17.8. The zero-order valence-corrected chi connectivity index (χ0v) is 15.9. The second-order valence-corrected chi connectivity index (χ2v) is 5.36. The molecule has 1 aromatic heterocycles. The van der Waals surface area contributed by atoms with E-state index < -0.39 is 0 Å². The van der Waals surface area contributed by atoms with Crippen molar-refractivity contribution in [3.8, 4) is 5.75 Å². The van der Waals surface area contributed by atoms with E-state index in [4.69, 9.17) is 4.74 Å². The number of aromatic nitrogens is 2. The van der Waals surface area contributed by atoms with Gasteiger partial charge in [0.15, 0.2) is 0 Å². The van der Waals surface area contributed by atoms with Gasteiger partial charge in [-0.3, -0.25) is 4.68 Å². The average Bonchev–Trinajstić information content (AvgIpc) is 3.15. The third kappa shape index (κ3) is 6.00. The molecule has 24 heavy (non-hydrogen) atoms. The van der Waals surface area contributed by atoms with Crippen molar-refractivity contribution in [2.45, 2.75) is 53.0 Å². The molecule has 0 bridgehead atoms. The van der Waals surface area contributed by atoms with Gasteiger partial charge in [-0.2, -0.15) is 5.10 Å². The van der Waals surface area contributed by atoms with Crippen LogP contribution in [0.1, 0.15) is 57.6 Å². The molecule has 1 aliphatic rings. The first-order chi connectivity index (χ1) is 11.8. The molecule has 134 valence electrons. The third-order valence-electron chi connectivity index (χ3n) is 3.93. The van der Waals surface area contributed by atoms with Gasteiger partial charge in [0.2, 0.25) is 0 Å². The molecule has 3 rings (SSSR count). The van der Waals surface area contributed by atoms with E-state index in [-0.39, 0.29) is 0 Å². The maximum Gasteiger partial charge on any atom is 0.118 e. The first-order valence-electron chi connectivity index (χ1n) is 9.21. The largest absolute Gasteiger partial charge is 0.497 e. The number of benzene rings is 1. The Bertz CT molecular complexity index is 542. The number of rotatable bonds is 4. The van der Waals surface area contributed by atoms with Crippen LogP contribution in [0.5, 0.6) is 5.75 Å². The molecule has 1 aliphatic heterocycles. The molecule has 4 nitrogen and oxygen atoms in total. The van der Waals surface area contributed by atoms with Crippen LogP contribution in [0.2, 0.25) is 0 Å². The van der Waals surface area contributed by atoms with Crippen molar-refractivity contribution in [1.29, 1.82) is 0 Å². The Morgan fingerprint density at radius 3 is 2.46 bits per heavy atom. The predicted molar refractivity (Wildman–Crippen MR) is 102 cm³/mol. The highest BCUT2D eigenvalue weighted by molar-refractivity contribution is 5.27. The van der Waals surface area contributed by atoms with Gasteiger partial charge in [0.1, 0.15) is 5.75 Å². The maximum absolute atomic E-state index is 5.17. The zero-order valence-electron chi connectivity index (χ0n) is 15.9. The highest BCUT2D eigenvalue weighted by Gasteiger charge is 2.16. The van der Waals surface area contributed by atoms with Crippen molar-refractivity contribution in [2.24, 2.45) is 0 Å². The van der Waals surface area contributed by atoms with E-state index in [0.29, 0.717) is 5.92 Å². The lowest BCUT2D eigenvalue weighted by Gasteiger charge is -2.21. The number of ether oxygens (including phenoxy) is 1. The van der Waals surface area contributed by atoms with Gasteiger partial charge in [0.25, 0.3) is 0 Å². The number of hydrogen-bond acceptors (Lipinski definition) is 3. The Balaban J connectivity index is 0.000000671. The fourth-order valence-electron chi connectivity index (χ4n) is 2.73. The summed E-state index contributed by atoms with van der Waals surface area (Å²) in [5.74, 6) is 1.51. The van der Waals surface area contributed by atoms with Crippen molar-refractivity contribution >= 4 is 0 Å². The van der Waals surface area contributed by atoms with Crippen LogP contribution >= 0.6 is 0 Å². The van der Waals surface area contributed by atoms with Gasteiger partial charge >= 0.3 is 0 Å². The van der Waals surface area contributed by atoms with Crippen molar-refractivity contribution in [3.63, 3.8) is 0 Å². The van der Waals surface area contributed by atoms with Crippen molar-refractivity contribution < 1.29 is 4.74 Å². The van der Waals surface area contributed by atoms with E-state index in [1.54, 1.807) is 7.11 Å². The summed E-state index contributed by atoms with van der Waals surface area (Å²) in [5, 5.41) is 7.94. The highest BCUT2D eigenvalue weighted by Crippen LogP contribution is 2.22. The van der Waals surface area contributed by atoms with Crippen LogP contribution < -0.4 is 10.1 Å². The van der Waals surface area contributed by atoms with E-state index in [2.05, 4.69) is 28.7 Å². The average molecular weight is 332 g/mol. The number of nitrogens with one attached hydrogen (secondary N) is 1. The fraction of sp³-hybridized carbons (Fsp3) is 0.550. The van der Waals surface area contributed by atoms with Gasteiger partial charge in [-0.25, -0.2) is 0 Å². The molecule has 0 saturated carbocycles. The Hall–Kier alpha value is -1.81. The standard InChI is InChI=1S/C16H21N3O.2C2H6/c1-20-16-6-4-13(5-7-16)11-19-12-15(10-18-19)14-3-2-8-17-9-14;2*1-2/h4-7,10,12,14,17H,2-3,8-9,11H2,1H3;2*1-2H3.